The lowest BCUT2D eigenvalue weighted by molar-refractivity contribution is 0.0688. The average Bonchev–Trinajstić information content (AvgIpc) is 2.85. The van der Waals surface area contributed by atoms with Crippen molar-refractivity contribution in [2.24, 2.45) is 0 Å². The van der Waals surface area contributed by atoms with Crippen LogP contribution in [0.5, 0.6) is 0 Å². The molecule has 1 fully saturated rings. The highest BCUT2D eigenvalue weighted by Crippen LogP contribution is 2.30. The molecule has 6 heteroatoms. The van der Waals surface area contributed by atoms with Gasteiger partial charge in [-0.1, -0.05) is 18.6 Å². The van der Waals surface area contributed by atoms with Gasteiger partial charge in [0.05, 0.1) is 11.7 Å². The highest BCUT2D eigenvalue weighted by molar-refractivity contribution is 5.86. The second kappa shape index (κ2) is 6.14. The number of carboxylic acid groups (broad SMARTS) is 1. The third kappa shape index (κ3) is 2.94. The minimum absolute atomic E-state index is 0.134. The molecule has 6 nitrogen and oxygen atoms in total. The minimum atomic E-state index is -0.969. The van der Waals surface area contributed by atoms with Crippen molar-refractivity contribution in [1.82, 2.24) is 20.3 Å². The number of aromatic nitrogens is 3. The van der Waals surface area contributed by atoms with Crippen LogP contribution in [0.3, 0.4) is 0 Å². The summed E-state index contributed by atoms with van der Waals surface area (Å²) in [6.45, 7) is 6.05. The van der Waals surface area contributed by atoms with Gasteiger partial charge in [-0.15, -0.1) is 5.10 Å². The fourth-order valence-corrected chi connectivity index (χ4v) is 2.79. The van der Waals surface area contributed by atoms with Crippen LogP contribution < -0.4 is 5.32 Å². The Hall–Kier alpha value is -1.43. The van der Waals surface area contributed by atoms with E-state index in [-0.39, 0.29) is 17.7 Å². The van der Waals surface area contributed by atoms with Crippen LogP contribution in [0.1, 0.15) is 67.7 Å². The van der Waals surface area contributed by atoms with Crippen LogP contribution in [-0.4, -0.2) is 39.2 Å². The number of carboxylic acids is 1. The van der Waals surface area contributed by atoms with E-state index in [0.29, 0.717) is 0 Å². The summed E-state index contributed by atoms with van der Waals surface area (Å²) in [7, 11) is 0. The molecular formula is C13H22N4O2. The normalized spacial score (nSPS) is 18.4. The van der Waals surface area contributed by atoms with Crippen LogP contribution >= 0.6 is 0 Å². The van der Waals surface area contributed by atoms with Gasteiger partial charge in [-0.05, 0) is 39.3 Å². The lowest BCUT2D eigenvalue weighted by atomic mass is 9.92. The van der Waals surface area contributed by atoms with Gasteiger partial charge < -0.3 is 10.4 Å². The fourth-order valence-electron chi connectivity index (χ4n) is 2.79. The topological polar surface area (TPSA) is 80.0 Å². The van der Waals surface area contributed by atoms with Crippen molar-refractivity contribution in [2.75, 3.05) is 13.1 Å². The van der Waals surface area contributed by atoms with E-state index in [1.54, 1.807) is 0 Å². The van der Waals surface area contributed by atoms with E-state index in [1.165, 1.54) is 0 Å². The van der Waals surface area contributed by atoms with E-state index >= 15 is 0 Å². The molecule has 0 radical (unpaired) electrons. The first-order chi connectivity index (χ1) is 9.15. The van der Waals surface area contributed by atoms with E-state index in [1.807, 2.05) is 4.68 Å². The Morgan fingerprint density at radius 3 is 2.79 bits per heavy atom. The molecule has 1 aliphatic rings. The Morgan fingerprint density at radius 1 is 1.53 bits per heavy atom. The van der Waals surface area contributed by atoms with E-state index in [9.17, 15) is 9.90 Å². The van der Waals surface area contributed by atoms with Crippen molar-refractivity contribution in [3.05, 3.63) is 11.4 Å². The highest BCUT2D eigenvalue weighted by Gasteiger charge is 2.29. The first kappa shape index (κ1) is 14.0. The van der Waals surface area contributed by atoms with E-state index in [0.717, 1.165) is 44.5 Å². The van der Waals surface area contributed by atoms with Crippen molar-refractivity contribution < 1.29 is 9.90 Å². The van der Waals surface area contributed by atoms with Crippen LogP contribution in [0.15, 0.2) is 0 Å². The maximum Gasteiger partial charge on any atom is 0.358 e. The van der Waals surface area contributed by atoms with Crippen LogP contribution in [0, 0.1) is 0 Å². The Bertz CT molecular complexity index is 438. The molecule has 0 bridgehead atoms. The maximum absolute atomic E-state index is 11.3. The number of hydrogen-bond donors (Lipinski definition) is 2. The Balaban J connectivity index is 2.35. The second-order valence-corrected chi connectivity index (χ2v) is 5.23. The van der Waals surface area contributed by atoms with E-state index in [2.05, 4.69) is 29.5 Å². The van der Waals surface area contributed by atoms with Gasteiger partial charge in [0, 0.05) is 5.92 Å². The maximum atomic E-state index is 11.3. The van der Waals surface area contributed by atoms with Gasteiger partial charge in [0.25, 0.3) is 0 Å². The number of nitrogens with one attached hydrogen (secondary N) is 1. The molecular weight excluding hydrogens is 244 g/mol. The fraction of sp³-hybridized carbons (Fsp3) is 0.769. The molecule has 2 N–H and O–H groups in total. The molecule has 0 spiro atoms. The summed E-state index contributed by atoms with van der Waals surface area (Å²) in [4.78, 5) is 11.3. The molecule has 0 aliphatic carbocycles. The number of carbonyl (C=O) groups is 1. The number of aromatic carboxylic acids is 1. The van der Waals surface area contributed by atoms with Crippen LogP contribution in [0.2, 0.25) is 0 Å². The minimum Gasteiger partial charge on any atom is -0.476 e. The summed E-state index contributed by atoms with van der Waals surface area (Å²) in [6.07, 6.45) is 3.94. The van der Waals surface area contributed by atoms with Crippen molar-refractivity contribution in [3.63, 3.8) is 0 Å². The quantitative estimate of drug-likeness (QED) is 0.849. The molecule has 2 rings (SSSR count). The Labute approximate surface area is 113 Å². The van der Waals surface area contributed by atoms with Crippen molar-refractivity contribution in [3.8, 4) is 0 Å². The molecule has 1 saturated heterocycles. The predicted octanol–water partition coefficient (Wildman–Crippen LogP) is 1.80. The van der Waals surface area contributed by atoms with Crippen molar-refractivity contribution in [2.45, 2.75) is 51.5 Å². The smallest absolute Gasteiger partial charge is 0.358 e. The zero-order chi connectivity index (χ0) is 13.8. The third-order valence-electron chi connectivity index (χ3n) is 3.78. The van der Waals surface area contributed by atoms with Crippen LogP contribution in [0.4, 0.5) is 0 Å². The lowest BCUT2D eigenvalue weighted by Crippen LogP contribution is -2.29. The molecule has 2 heterocycles. The summed E-state index contributed by atoms with van der Waals surface area (Å²) in [5, 5.41) is 20.6. The highest BCUT2D eigenvalue weighted by atomic mass is 16.4. The van der Waals surface area contributed by atoms with Gasteiger partial charge in [-0.2, -0.15) is 0 Å². The average molecular weight is 266 g/mol. The monoisotopic (exact) mass is 266 g/mol. The zero-order valence-electron chi connectivity index (χ0n) is 11.6. The van der Waals surface area contributed by atoms with Gasteiger partial charge in [0.15, 0.2) is 5.69 Å². The molecule has 1 aliphatic heterocycles. The molecule has 0 amide bonds. The van der Waals surface area contributed by atoms with E-state index in [4.69, 9.17) is 0 Å². The molecule has 1 aromatic heterocycles. The molecule has 0 aromatic carbocycles. The molecule has 0 saturated carbocycles. The standard InChI is InChI=1S/C13H22N4O2/c1-3-4-9(2)17-12(10-5-7-14-8-6-10)11(13(18)19)15-16-17/h9-10,14H,3-8H2,1-2H3,(H,18,19). The number of piperidine rings is 1. The Kier molecular flexibility index (Phi) is 4.52. The third-order valence-corrected chi connectivity index (χ3v) is 3.78. The largest absolute Gasteiger partial charge is 0.476 e. The first-order valence-corrected chi connectivity index (χ1v) is 7.04. The van der Waals surface area contributed by atoms with Crippen molar-refractivity contribution >= 4 is 5.97 Å². The summed E-state index contributed by atoms with van der Waals surface area (Å²) in [5.41, 5.74) is 0.949. The summed E-state index contributed by atoms with van der Waals surface area (Å²) in [5.74, 6) is -0.717. The van der Waals surface area contributed by atoms with Crippen LogP contribution in [0.25, 0.3) is 0 Å². The van der Waals surface area contributed by atoms with Gasteiger partial charge in [-0.3, -0.25) is 0 Å². The van der Waals surface area contributed by atoms with Gasteiger partial charge in [0.2, 0.25) is 0 Å². The number of hydrogen-bond acceptors (Lipinski definition) is 4. The van der Waals surface area contributed by atoms with Crippen LogP contribution in [-0.2, 0) is 0 Å². The molecule has 106 valence electrons. The summed E-state index contributed by atoms with van der Waals surface area (Å²) in [6, 6.07) is 0.204. The predicted molar refractivity (Wildman–Crippen MR) is 71.4 cm³/mol. The second-order valence-electron chi connectivity index (χ2n) is 5.23. The van der Waals surface area contributed by atoms with Gasteiger partial charge in [-0.25, -0.2) is 9.48 Å². The SMILES string of the molecule is CCCC(C)n1nnc(C(=O)O)c1C1CCNCC1. The van der Waals surface area contributed by atoms with Crippen molar-refractivity contribution in [1.29, 1.82) is 0 Å². The van der Waals surface area contributed by atoms with Gasteiger partial charge in [0.1, 0.15) is 0 Å². The van der Waals surface area contributed by atoms with Gasteiger partial charge >= 0.3 is 5.97 Å². The van der Waals surface area contributed by atoms with E-state index < -0.39 is 5.97 Å². The first-order valence-electron chi connectivity index (χ1n) is 7.04. The molecule has 19 heavy (non-hydrogen) atoms. The molecule has 1 unspecified atom stereocenters. The molecule has 1 aromatic rings. The Morgan fingerprint density at radius 2 is 2.21 bits per heavy atom. The lowest BCUT2D eigenvalue weighted by Gasteiger charge is -2.25. The number of rotatable bonds is 5. The summed E-state index contributed by atoms with van der Waals surface area (Å²) >= 11 is 0. The summed E-state index contributed by atoms with van der Waals surface area (Å²) < 4.78 is 1.84. The zero-order valence-corrected chi connectivity index (χ0v) is 11.6. The number of nitrogens with zero attached hydrogens (tertiary/aromatic N) is 3. The molecule has 1 atom stereocenters.